The summed E-state index contributed by atoms with van der Waals surface area (Å²) in [7, 11) is 0. The largest absolute Gasteiger partial charge is 0.507 e. The van der Waals surface area contributed by atoms with Gasteiger partial charge in [0.15, 0.2) is 0 Å². The number of non-ortho nitro benzene ring substituents is 1. The lowest BCUT2D eigenvalue weighted by Crippen LogP contribution is -2.31. The van der Waals surface area contributed by atoms with Gasteiger partial charge in [0.05, 0.1) is 23.0 Å². The zero-order valence-corrected chi connectivity index (χ0v) is 16.1. The van der Waals surface area contributed by atoms with Gasteiger partial charge in [-0.3, -0.25) is 24.5 Å². The van der Waals surface area contributed by atoms with Crippen molar-refractivity contribution in [1.29, 1.82) is 0 Å². The number of nitro groups is 1. The van der Waals surface area contributed by atoms with Crippen LogP contribution in [0.15, 0.2) is 54.1 Å². The molecule has 0 aromatic heterocycles. The number of carboxylic acid groups (broad SMARTS) is 1. The first-order chi connectivity index (χ1) is 14.2. The molecule has 10 heteroatoms. The number of benzene rings is 2. The van der Waals surface area contributed by atoms with Crippen molar-refractivity contribution in [2.45, 2.75) is 12.5 Å². The zero-order valence-electron chi connectivity index (χ0n) is 15.3. The van der Waals surface area contributed by atoms with E-state index in [4.69, 9.17) is 16.7 Å². The van der Waals surface area contributed by atoms with Gasteiger partial charge in [-0.1, -0.05) is 11.6 Å². The minimum Gasteiger partial charge on any atom is -0.507 e. The van der Waals surface area contributed by atoms with E-state index in [-0.39, 0.29) is 23.4 Å². The van der Waals surface area contributed by atoms with Crippen LogP contribution in [0.25, 0.3) is 5.76 Å². The molecule has 1 amide bonds. The number of halogens is 1. The van der Waals surface area contributed by atoms with Crippen LogP contribution in [0.2, 0.25) is 5.02 Å². The highest BCUT2D eigenvalue weighted by Crippen LogP contribution is 2.40. The fourth-order valence-corrected chi connectivity index (χ4v) is 3.34. The van der Waals surface area contributed by atoms with Gasteiger partial charge in [-0.2, -0.15) is 0 Å². The molecule has 0 saturated carbocycles. The van der Waals surface area contributed by atoms with Crippen molar-refractivity contribution in [3.05, 3.63) is 80.4 Å². The standard InChI is InChI=1S/C20H15ClN2O7/c21-13-5-1-12(2-6-13)18(26)16-17(11-3-7-14(8-4-11)23(29)30)22(10-9-15(24)25)20(28)19(16)27/h1-8,17,26H,9-10H2,(H,24,25)/b18-16+/t17-/m1/s1. The number of ketones is 1. The number of aliphatic hydroxyl groups excluding tert-OH is 1. The van der Waals surface area contributed by atoms with E-state index >= 15 is 0 Å². The summed E-state index contributed by atoms with van der Waals surface area (Å²) in [6.45, 7) is -0.279. The Labute approximate surface area is 175 Å². The summed E-state index contributed by atoms with van der Waals surface area (Å²) in [5.74, 6) is -3.56. The maximum absolute atomic E-state index is 12.7. The van der Waals surface area contributed by atoms with Gasteiger partial charge in [0.25, 0.3) is 17.4 Å². The van der Waals surface area contributed by atoms with Crippen LogP contribution in [0.3, 0.4) is 0 Å². The number of aliphatic hydroxyl groups is 1. The number of amides is 1. The molecule has 1 saturated heterocycles. The van der Waals surface area contributed by atoms with Crippen LogP contribution in [0, 0.1) is 10.1 Å². The SMILES string of the molecule is O=C(O)CCN1C(=O)C(=O)/C(=C(/O)c2ccc(Cl)cc2)[C@H]1c1ccc([N+](=O)[O-])cc1. The van der Waals surface area contributed by atoms with E-state index < -0.39 is 40.8 Å². The van der Waals surface area contributed by atoms with Gasteiger partial charge < -0.3 is 15.1 Å². The highest BCUT2D eigenvalue weighted by Gasteiger charge is 2.46. The Morgan fingerprint density at radius 2 is 1.67 bits per heavy atom. The average Bonchev–Trinajstić information content (AvgIpc) is 2.97. The number of rotatable bonds is 6. The molecular weight excluding hydrogens is 416 g/mol. The summed E-state index contributed by atoms with van der Waals surface area (Å²) in [6, 6.07) is 9.96. The molecule has 30 heavy (non-hydrogen) atoms. The third-order valence-electron chi connectivity index (χ3n) is 4.64. The van der Waals surface area contributed by atoms with Crippen molar-refractivity contribution >= 4 is 40.7 Å². The maximum Gasteiger partial charge on any atom is 0.305 e. The second-order valence-electron chi connectivity index (χ2n) is 6.49. The van der Waals surface area contributed by atoms with Gasteiger partial charge in [-0.15, -0.1) is 0 Å². The van der Waals surface area contributed by atoms with Gasteiger partial charge in [0.2, 0.25) is 0 Å². The minimum atomic E-state index is -1.17. The molecule has 1 heterocycles. The smallest absolute Gasteiger partial charge is 0.305 e. The van der Waals surface area contributed by atoms with Crippen LogP contribution < -0.4 is 0 Å². The first-order valence-electron chi connectivity index (χ1n) is 8.71. The molecule has 9 nitrogen and oxygen atoms in total. The molecule has 154 valence electrons. The van der Waals surface area contributed by atoms with Gasteiger partial charge in [-0.05, 0) is 42.0 Å². The average molecular weight is 431 g/mol. The summed E-state index contributed by atoms with van der Waals surface area (Å²) in [4.78, 5) is 47.7. The Morgan fingerprint density at radius 1 is 1.07 bits per heavy atom. The number of hydrogen-bond donors (Lipinski definition) is 2. The third kappa shape index (κ3) is 4.01. The first-order valence-corrected chi connectivity index (χ1v) is 9.09. The lowest BCUT2D eigenvalue weighted by atomic mass is 9.95. The normalized spacial score (nSPS) is 17.9. The van der Waals surface area contributed by atoms with E-state index in [1.54, 1.807) is 0 Å². The second kappa shape index (κ2) is 8.34. The van der Waals surface area contributed by atoms with Crippen molar-refractivity contribution in [3.63, 3.8) is 0 Å². The Balaban J connectivity index is 2.14. The maximum atomic E-state index is 12.7. The topological polar surface area (TPSA) is 138 Å². The number of Topliss-reactive ketones (excluding diaryl/α,β-unsaturated/α-hetero) is 1. The highest BCUT2D eigenvalue weighted by molar-refractivity contribution is 6.46. The Morgan fingerprint density at radius 3 is 2.20 bits per heavy atom. The number of carboxylic acids is 1. The molecule has 0 aliphatic carbocycles. The van der Waals surface area contributed by atoms with Crippen molar-refractivity contribution in [2.24, 2.45) is 0 Å². The van der Waals surface area contributed by atoms with Crippen molar-refractivity contribution < 1.29 is 29.5 Å². The summed E-state index contributed by atoms with van der Waals surface area (Å²) in [6.07, 6.45) is -0.419. The van der Waals surface area contributed by atoms with Crippen molar-refractivity contribution in [3.8, 4) is 0 Å². The summed E-state index contributed by atoms with van der Waals surface area (Å²) in [5, 5.41) is 31.1. The van der Waals surface area contributed by atoms with E-state index in [9.17, 15) is 29.6 Å². The Kier molecular flexibility index (Phi) is 5.84. The van der Waals surface area contributed by atoms with Crippen molar-refractivity contribution in [1.82, 2.24) is 4.90 Å². The number of nitro benzene ring substituents is 1. The van der Waals surface area contributed by atoms with E-state index in [2.05, 4.69) is 0 Å². The quantitative estimate of drug-likeness (QED) is 0.236. The number of hydrogen-bond acceptors (Lipinski definition) is 6. The zero-order chi connectivity index (χ0) is 22.0. The second-order valence-corrected chi connectivity index (χ2v) is 6.93. The number of likely N-dealkylation sites (tertiary alicyclic amines) is 1. The summed E-state index contributed by atoms with van der Waals surface area (Å²) >= 11 is 5.85. The van der Waals surface area contributed by atoms with Crippen molar-refractivity contribution in [2.75, 3.05) is 6.54 Å². The first kappa shape index (κ1) is 21.0. The summed E-state index contributed by atoms with van der Waals surface area (Å²) < 4.78 is 0. The lowest BCUT2D eigenvalue weighted by Gasteiger charge is -2.24. The number of carbonyl (C=O) groups is 3. The molecule has 0 spiro atoms. The van der Waals surface area contributed by atoms with E-state index in [1.165, 1.54) is 48.5 Å². The minimum absolute atomic E-state index is 0.195. The molecule has 2 aromatic carbocycles. The number of nitrogens with zero attached hydrogens (tertiary/aromatic N) is 2. The van der Waals surface area contributed by atoms with Crippen LogP contribution in [-0.2, 0) is 14.4 Å². The molecule has 1 aliphatic rings. The highest BCUT2D eigenvalue weighted by atomic mass is 35.5. The summed E-state index contributed by atoms with van der Waals surface area (Å²) in [5.41, 5.74) is 0.128. The van der Waals surface area contributed by atoms with Crippen LogP contribution in [0.1, 0.15) is 23.6 Å². The molecule has 0 radical (unpaired) electrons. The molecule has 2 N–H and O–H groups in total. The third-order valence-corrected chi connectivity index (χ3v) is 4.90. The monoisotopic (exact) mass is 430 g/mol. The van der Waals surface area contributed by atoms with Gasteiger partial charge in [0, 0.05) is 29.3 Å². The predicted molar refractivity (Wildman–Crippen MR) is 106 cm³/mol. The molecule has 1 fully saturated rings. The van der Waals surface area contributed by atoms with Gasteiger partial charge in [0.1, 0.15) is 5.76 Å². The molecule has 1 atom stereocenters. The fourth-order valence-electron chi connectivity index (χ4n) is 3.21. The van der Waals surface area contributed by atoms with Crippen LogP contribution in [-0.4, -0.2) is 44.2 Å². The predicted octanol–water partition coefficient (Wildman–Crippen LogP) is 3.14. The lowest BCUT2D eigenvalue weighted by molar-refractivity contribution is -0.384. The number of aliphatic carboxylic acids is 1. The van der Waals surface area contributed by atoms with E-state index in [0.29, 0.717) is 10.6 Å². The molecule has 0 bridgehead atoms. The van der Waals surface area contributed by atoms with Crippen LogP contribution in [0.5, 0.6) is 0 Å². The molecule has 1 aliphatic heterocycles. The fraction of sp³-hybridized carbons (Fsp3) is 0.150. The van der Waals surface area contributed by atoms with Crippen LogP contribution >= 0.6 is 11.6 Å². The van der Waals surface area contributed by atoms with E-state index in [1.807, 2.05) is 0 Å². The molecule has 3 rings (SSSR count). The van der Waals surface area contributed by atoms with Gasteiger partial charge in [-0.25, -0.2) is 0 Å². The van der Waals surface area contributed by atoms with Gasteiger partial charge >= 0.3 is 5.97 Å². The Hall–Kier alpha value is -3.72. The van der Waals surface area contributed by atoms with E-state index in [0.717, 1.165) is 4.90 Å². The number of carbonyl (C=O) groups excluding carboxylic acids is 2. The molecule has 2 aromatic rings. The molecular formula is C20H15ClN2O7. The molecule has 0 unspecified atom stereocenters. The van der Waals surface area contributed by atoms with Crippen LogP contribution in [0.4, 0.5) is 5.69 Å². The Bertz CT molecular complexity index is 1060.